The van der Waals surface area contributed by atoms with Crippen molar-refractivity contribution >= 4 is 53.2 Å². The number of rotatable bonds is 26. The number of aliphatic hydroxyl groups is 2. The Morgan fingerprint density at radius 1 is 0.732 bits per heavy atom. The number of carboxylic acids is 1. The van der Waals surface area contributed by atoms with Gasteiger partial charge in [0.2, 0.25) is 35.4 Å². The summed E-state index contributed by atoms with van der Waals surface area (Å²) in [5.41, 5.74) is 12.5. The van der Waals surface area contributed by atoms with Crippen molar-refractivity contribution in [2.45, 2.75) is 101 Å². The molecule has 0 aliphatic heterocycles. The maximum atomic E-state index is 13.5. The predicted octanol–water partition coefficient (Wildman–Crippen LogP) is -4.49. The van der Waals surface area contributed by atoms with E-state index >= 15 is 0 Å². The average molecular weight is 811 g/mol. The minimum atomic E-state index is -1.62. The Morgan fingerprint density at radius 3 is 1.80 bits per heavy atom. The van der Waals surface area contributed by atoms with Gasteiger partial charge in [-0.2, -0.15) is 11.8 Å². The van der Waals surface area contributed by atoms with Gasteiger partial charge in [0.25, 0.3) is 0 Å². The Morgan fingerprint density at radius 2 is 1.27 bits per heavy atom. The smallest absolute Gasteiger partial charge is 0.326 e. The lowest BCUT2D eigenvalue weighted by Gasteiger charge is -2.28. The lowest BCUT2D eigenvalue weighted by atomic mass is 10.0. The summed E-state index contributed by atoms with van der Waals surface area (Å²) in [5.74, 6) is -6.08. The summed E-state index contributed by atoms with van der Waals surface area (Å²) in [7, 11) is 0. The fourth-order valence-corrected chi connectivity index (χ4v) is 5.62. The van der Waals surface area contributed by atoms with Crippen molar-refractivity contribution in [3.8, 4) is 0 Å². The molecule has 312 valence electrons. The molecule has 0 aliphatic carbocycles. The number of imidazole rings is 2. The fourth-order valence-electron chi connectivity index (χ4n) is 5.15. The number of amides is 6. The van der Waals surface area contributed by atoms with Crippen LogP contribution in [-0.4, -0.2) is 150 Å². The molecule has 0 aliphatic rings. The van der Waals surface area contributed by atoms with Crippen LogP contribution in [0.1, 0.15) is 50.9 Å². The van der Waals surface area contributed by atoms with Crippen LogP contribution in [0.5, 0.6) is 0 Å². The van der Waals surface area contributed by atoms with Crippen LogP contribution in [0.2, 0.25) is 0 Å². The molecule has 0 saturated heterocycles. The SMILES string of the molecule is CSCC[C@H](NC(=O)[C@H](C)NC(=O)[C@H](CO)NC(=O)[C@@H](N)Cc1cnc[nH]1)C(=O)N[C@H](C(=O)N[C@@H](CCCCN)C(=O)N[C@@H](Cc1cnc[nH]1)C(=O)O)[C@@H](C)O. The molecular weight excluding hydrogens is 757 g/mol. The summed E-state index contributed by atoms with van der Waals surface area (Å²) in [5, 5.41) is 44.6. The van der Waals surface area contributed by atoms with Gasteiger partial charge >= 0.3 is 5.97 Å². The molecule has 0 aromatic carbocycles. The van der Waals surface area contributed by atoms with Gasteiger partial charge in [0, 0.05) is 36.6 Å². The van der Waals surface area contributed by atoms with E-state index in [9.17, 15) is 48.9 Å². The van der Waals surface area contributed by atoms with Gasteiger partial charge in [0.05, 0.1) is 31.4 Å². The lowest BCUT2D eigenvalue weighted by molar-refractivity contribution is -0.142. The second-order valence-corrected chi connectivity index (χ2v) is 13.9. The third kappa shape index (κ3) is 15.9. The van der Waals surface area contributed by atoms with Crippen LogP contribution >= 0.6 is 11.8 Å². The van der Waals surface area contributed by atoms with E-state index in [2.05, 4.69) is 51.8 Å². The zero-order valence-corrected chi connectivity index (χ0v) is 32.3. The van der Waals surface area contributed by atoms with Crippen molar-refractivity contribution in [3.05, 3.63) is 36.4 Å². The van der Waals surface area contributed by atoms with E-state index in [0.717, 1.165) is 0 Å². The zero-order valence-electron chi connectivity index (χ0n) is 31.4. The standard InChI is InChI=1S/C33H54N12O10S/c1-17(40-31(52)25(14-46)44-28(49)21(35)10-19-12-36-15-38-19)27(48)41-23(7-9-56-3)30(51)45-26(18(2)47)32(53)42-22(6-4-5-8-34)29(50)43-24(33(54)55)11-20-13-37-16-39-20/h12-13,15-18,21-26,46-47H,4-11,14,34-35H2,1-3H3,(H,36,38)(H,37,39)(H,40,52)(H,41,48)(H,42,53)(H,43,50)(H,44,49)(H,45,51)(H,54,55)/t17-,18+,21-,22-,23-,24-,25-,26-/m0/s1. The van der Waals surface area contributed by atoms with Crippen molar-refractivity contribution in [3.63, 3.8) is 0 Å². The number of carbonyl (C=O) groups is 7. The molecule has 0 saturated carbocycles. The number of unbranched alkanes of at least 4 members (excludes halogenated alkanes) is 1. The summed E-state index contributed by atoms with van der Waals surface area (Å²) in [6.45, 7) is 2.01. The molecule has 0 bridgehead atoms. The highest BCUT2D eigenvalue weighted by Gasteiger charge is 2.34. The van der Waals surface area contributed by atoms with E-state index in [-0.39, 0.29) is 32.2 Å². The predicted molar refractivity (Wildman–Crippen MR) is 202 cm³/mol. The Kier molecular flexibility index (Phi) is 20.5. The van der Waals surface area contributed by atoms with Crippen LogP contribution in [0, 0.1) is 0 Å². The van der Waals surface area contributed by atoms with Crippen molar-refractivity contribution in [1.82, 2.24) is 51.8 Å². The molecule has 0 unspecified atom stereocenters. The third-order valence-electron chi connectivity index (χ3n) is 8.38. The Balaban J connectivity index is 2.10. The Bertz CT molecular complexity index is 1560. The first kappa shape index (κ1) is 47.1. The number of carboxylic acid groups (broad SMARTS) is 1. The molecule has 8 atom stereocenters. The maximum absolute atomic E-state index is 13.5. The van der Waals surface area contributed by atoms with E-state index in [1.54, 1.807) is 6.26 Å². The van der Waals surface area contributed by atoms with Gasteiger partial charge in [-0.05, 0) is 58.1 Å². The van der Waals surface area contributed by atoms with Gasteiger partial charge in [-0.1, -0.05) is 0 Å². The number of aromatic amines is 2. The molecule has 2 rings (SSSR count). The van der Waals surface area contributed by atoms with Gasteiger partial charge in [0.1, 0.15) is 36.3 Å². The normalized spacial score (nSPS) is 15.4. The van der Waals surface area contributed by atoms with Gasteiger partial charge < -0.3 is 68.7 Å². The number of hydrogen-bond donors (Lipinski definition) is 13. The number of carbonyl (C=O) groups excluding carboxylic acids is 6. The van der Waals surface area contributed by atoms with Gasteiger partial charge in [-0.15, -0.1) is 0 Å². The molecule has 22 nitrogen and oxygen atoms in total. The summed E-state index contributed by atoms with van der Waals surface area (Å²) < 4.78 is 0. The van der Waals surface area contributed by atoms with Crippen molar-refractivity contribution in [2.75, 3.05) is 25.2 Å². The molecule has 56 heavy (non-hydrogen) atoms. The molecular formula is C33H54N12O10S. The number of hydrogen-bond acceptors (Lipinski definition) is 14. The maximum Gasteiger partial charge on any atom is 0.326 e. The van der Waals surface area contributed by atoms with Crippen molar-refractivity contribution in [2.24, 2.45) is 11.5 Å². The summed E-state index contributed by atoms with van der Waals surface area (Å²) in [4.78, 5) is 104. The van der Waals surface area contributed by atoms with Crippen molar-refractivity contribution < 1.29 is 48.9 Å². The van der Waals surface area contributed by atoms with Crippen LogP contribution in [0.4, 0.5) is 0 Å². The number of nitrogens with one attached hydrogen (secondary N) is 8. The van der Waals surface area contributed by atoms with Gasteiger partial charge in [-0.3, -0.25) is 28.8 Å². The quantitative estimate of drug-likeness (QED) is 0.0399. The van der Waals surface area contributed by atoms with Crippen LogP contribution < -0.4 is 43.4 Å². The number of aromatic nitrogens is 4. The van der Waals surface area contributed by atoms with Crippen LogP contribution in [-0.2, 0) is 46.4 Å². The van der Waals surface area contributed by atoms with Gasteiger partial charge in [-0.25, -0.2) is 14.8 Å². The number of H-pyrrole nitrogens is 2. The number of nitrogens with zero attached hydrogens (tertiary/aromatic N) is 2. The lowest BCUT2D eigenvalue weighted by Crippen LogP contribution is -2.61. The molecule has 0 radical (unpaired) electrons. The summed E-state index contributed by atoms with van der Waals surface area (Å²) in [6, 6.07) is -9.34. The van der Waals surface area contributed by atoms with E-state index in [1.807, 2.05) is 0 Å². The first-order valence-electron chi connectivity index (χ1n) is 17.8. The molecule has 6 amide bonds. The fraction of sp³-hybridized carbons (Fsp3) is 0.606. The highest BCUT2D eigenvalue weighted by atomic mass is 32.2. The largest absolute Gasteiger partial charge is 0.480 e. The molecule has 2 heterocycles. The highest BCUT2D eigenvalue weighted by Crippen LogP contribution is 2.08. The average Bonchev–Trinajstić information content (AvgIpc) is 3.88. The second-order valence-electron chi connectivity index (χ2n) is 13.0. The topological polar surface area (TPSA) is 362 Å². The second kappa shape index (κ2) is 24.4. The summed E-state index contributed by atoms with van der Waals surface area (Å²) >= 11 is 1.36. The monoisotopic (exact) mass is 810 g/mol. The minimum absolute atomic E-state index is 0.0560. The Labute approximate surface area is 327 Å². The molecule has 2 aromatic heterocycles. The molecule has 23 heteroatoms. The minimum Gasteiger partial charge on any atom is -0.480 e. The van der Waals surface area contributed by atoms with E-state index in [1.165, 1.54) is 50.7 Å². The molecule has 15 N–H and O–H groups in total. The third-order valence-corrected chi connectivity index (χ3v) is 9.02. The Hall–Kier alpha value is -5.10. The van der Waals surface area contributed by atoms with Crippen LogP contribution in [0.25, 0.3) is 0 Å². The highest BCUT2D eigenvalue weighted by molar-refractivity contribution is 7.98. The van der Waals surface area contributed by atoms with Crippen molar-refractivity contribution in [1.29, 1.82) is 0 Å². The first-order valence-corrected chi connectivity index (χ1v) is 19.2. The van der Waals surface area contributed by atoms with E-state index in [4.69, 9.17) is 11.5 Å². The number of aliphatic hydroxyl groups excluding tert-OH is 2. The van der Waals surface area contributed by atoms with E-state index < -0.39 is 96.4 Å². The van der Waals surface area contributed by atoms with E-state index in [0.29, 0.717) is 30.0 Å². The first-order chi connectivity index (χ1) is 26.6. The van der Waals surface area contributed by atoms with Gasteiger partial charge in [0.15, 0.2) is 0 Å². The summed E-state index contributed by atoms with van der Waals surface area (Å²) in [6.07, 6.45) is 6.84. The number of aliphatic carboxylic acids is 1. The van der Waals surface area contributed by atoms with Crippen LogP contribution in [0.3, 0.4) is 0 Å². The molecule has 2 aromatic rings. The number of thioether (sulfide) groups is 1. The zero-order chi connectivity index (χ0) is 41.8. The van der Waals surface area contributed by atoms with Crippen LogP contribution in [0.15, 0.2) is 25.0 Å². The molecule has 0 fully saturated rings. The molecule has 0 spiro atoms. The number of nitrogens with two attached hydrogens (primary N) is 2.